The van der Waals surface area contributed by atoms with Gasteiger partial charge in [-0.25, -0.2) is 4.79 Å². The van der Waals surface area contributed by atoms with Crippen molar-refractivity contribution in [3.05, 3.63) is 41.7 Å². The molecule has 0 aliphatic heterocycles. The summed E-state index contributed by atoms with van der Waals surface area (Å²) in [5.41, 5.74) is 0.770. The highest BCUT2D eigenvalue weighted by Crippen LogP contribution is 2.11. The van der Waals surface area contributed by atoms with E-state index >= 15 is 0 Å². The molecule has 0 heterocycles. The molecule has 0 atom stereocenters. The van der Waals surface area contributed by atoms with Gasteiger partial charge in [-0.3, -0.25) is 4.99 Å². The highest BCUT2D eigenvalue weighted by atomic mass is 16.5. The van der Waals surface area contributed by atoms with E-state index in [1.54, 1.807) is 19.1 Å². The maximum absolute atomic E-state index is 11.5. The number of aliphatic hydroxyl groups excluding tert-OH is 1. The van der Waals surface area contributed by atoms with E-state index in [4.69, 9.17) is 4.74 Å². The summed E-state index contributed by atoms with van der Waals surface area (Å²) in [6.45, 7) is 3.38. The van der Waals surface area contributed by atoms with Gasteiger partial charge in [0.05, 0.1) is 12.3 Å². The van der Waals surface area contributed by atoms with Crippen molar-refractivity contribution >= 4 is 17.9 Å². The number of carbonyl (C=O) groups is 1. The molecule has 1 N–H and O–H groups in total. The van der Waals surface area contributed by atoms with Gasteiger partial charge in [0.1, 0.15) is 11.3 Å². The van der Waals surface area contributed by atoms with Crippen molar-refractivity contribution in [1.29, 1.82) is 0 Å². The lowest BCUT2D eigenvalue weighted by atomic mass is 10.2. The SMILES string of the molecule is CCOC(=O)/C(C=Nc1ccccc1)=C(/C)O. The molecular formula is C13H15NO3. The number of para-hydroxylation sites is 1. The standard InChI is InChI=1S/C13H15NO3/c1-3-17-13(16)12(10(2)15)9-14-11-7-5-4-6-8-11/h4-9,15H,3H2,1-2H3/b12-10-,14-9?. The van der Waals surface area contributed by atoms with Gasteiger partial charge in [0.15, 0.2) is 0 Å². The summed E-state index contributed by atoms with van der Waals surface area (Å²) in [5, 5.41) is 9.37. The van der Waals surface area contributed by atoms with Crippen LogP contribution < -0.4 is 0 Å². The number of rotatable bonds is 4. The molecule has 0 aliphatic rings. The number of allylic oxidation sites excluding steroid dienone is 1. The Hall–Kier alpha value is -2.10. The molecule has 4 heteroatoms. The van der Waals surface area contributed by atoms with Crippen molar-refractivity contribution in [2.45, 2.75) is 13.8 Å². The smallest absolute Gasteiger partial charge is 0.343 e. The molecule has 4 nitrogen and oxygen atoms in total. The highest BCUT2D eigenvalue weighted by molar-refractivity contribution is 6.10. The second kappa shape index (κ2) is 6.48. The van der Waals surface area contributed by atoms with Crippen LogP contribution in [0.3, 0.4) is 0 Å². The zero-order valence-electron chi connectivity index (χ0n) is 9.88. The van der Waals surface area contributed by atoms with Crippen LogP contribution in [0.25, 0.3) is 0 Å². The van der Waals surface area contributed by atoms with E-state index in [0.717, 1.165) is 0 Å². The molecule has 90 valence electrons. The number of benzene rings is 1. The monoisotopic (exact) mass is 233 g/mol. The summed E-state index contributed by atoms with van der Waals surface area (Å²) in [7, 11) is 0. The summed E-state index contributed by atoms with van der Waals surface area (Å²) in [5.74, 6) is -0.685. The Labute approximate surface area is 100 Å². The second-order valence-corrected chi connectivity index (χ2v) is 3.31. The highest BCUT2D eigenvalue weighted by Gasteiger charge is 2.11. The third-order valence-corrected chi connectivity index (χ3v) is 1.98. The van der Waals surface area contributed by atoms with Gasteiger partial charge in [-0.2, -0.15) is 0 Å². The molecule has 0 aromatic heterocycles. The van der Waals surface area contributed by atoms with Gasteiger partial charge in [0.2, 0.25) is 0 Å². The Morgan fingerprint density at radius 2 is 2.06 bits per heavy atom. The van der Waals surface area contributed by atoms with Crippen LogP contribution in [0.4, 0.5) is 5.69 Å². The second-order valence-electron chi connectivity index (χ2n) is 3.31. The topological polar surface area (TPSA) is 58.9 Å². The Bertz CT molecular complexity index is 431. The first-order valence-corrected chi connectivity index (χ1v) is 5.31. The average molecular weight is 233 g/mol. The van der Waals surface area contributed by atoms with E-state index in [0.29, 0.717) is 5.69 Å². The van der Waals surface area contributed by atoms with Gasteiger partial charge >= 0.3 is 5.97 Å². The third-order valence-electron chi connectivity index (χ3n) is 1.98. The predicted octanol–water partition coefficient (Wildman–Crippen LogP) is 2.78. The van der Waals surface area contributed by atoms with Crippen LogP contribution in [0.15, 0.2) is 46.7 Å². The van der Waals surface area contributed by atoms with E-state index in [1.165, 1.54) is 13.1 Å². The van der Waals surface area contributed by atoms with E-state index in [1.807, 2.05) is 18.2 Å². The van der Waals surface area contributed by atoms with Gasteiger partial charge < -0.3 is 9.84 Å². The predicted molar refractivity (Wildman–Crippen MR) is 66.6 cm³/mol. The molecule has 1 rings (SSSR count). The van der Waals surface area contributed by atoms with E-state index in [-0.39, 0.29) is 17.9 Å². The number of nitrogens with zero attached hydrogens (tertiary/aromatic N) is 1. The Morgan fingerprint density at radius 1 is 1.41 bits per heavy atom. The Morgan fingerprint density at radius 3 is 2.59 bits per heavy atom. The summed E-state index contributed by atoms with van der Waals surface area (Å²) >= 11 is 0. The molecule has 0 fully saturated rings. The average Bonchev–Trinajstić information content (AvgIpc) is 2.30. The van der Waals surface area contributed by atoms with Gasteiger partial charge in [0, 0.05) is 6.21 Å². The molecule has 1 aromatic carbocycles. The van der Waals surface area contributed by atoms with Crippen molar-refractivity contribution in [2.75, 3.05) is 6.61 Å². The number of esters is 1. The first-order valence-electron chi connectivity index (χ1n) is 5.31. The molecule has 0 aliphatic carbocycles. The quantitative estimate of drug-likeness (QED) is 0.376. The van der Waals surface area contributed by atoms with Crippen molar-refractivity contribution in [1.82, 2.24) is 0 Å². The first-order chi connectivity index (χ1) is 8.15. The van der Waals surface area contributed by atoms with Crippen molar-refractivity contribution in [3.63, 3.8) is 0 Å². The van der Waals surface area contributed by atoms with Crippen LogP contribution in [0.5, 0.6) is 0 Å². The summed E-state index contributed by atoms with van der Waals surface area (Å²) in [6, 6.07) is 9.15. The molecule has 0 saturated heterocycles. The lowest BCUT2D eigenvalue weighted by molar-refractivity contribution is -0.138. The molecule has 0 unspecified atom stereocenters. The summed E-state index contributed by atoms with van der Waals surface area (Å²) in [4.78, 5) is 15.6. The molecule has 0 amide bonds. The largest absolute Gasteiger partial charge is 0.512 e. The molecular weight excluding hydrogens is 218 g/mol. The van der Waals surface area contributed by atoms with Crippen molar-refractivity contribution in [2.24, 2.45) is 4.99 Å². The van der Waals surface area contributed by atoms with Gasteiger partial charge in [0.25, 0.3) is 0 Å². The lowest BCUT2D eigenvalue weighted by Crippen LogP contribution is -2.10. The third kappa shape index (κ3) is 4.10. The number of aliphatic hydroxyl groups is 1. The zero-order chi connectivity index (χ0) is 12.7. The number of aliphatic imine (C=N–C) groups is 1. The van der Waals surface area contributed by atoms with Crippen molar-refractivity contribution < 1.29 is 14.6 Å². The van der Waals surface area contributed by atoms with E-state index in [2.05, 4.69) is 4.99 Å². The molecule has 0 radical (unpaired) electrons. The van der Waals surface area contributed by atoms with Gasteiger partial charge in [-0.1, -0.05) is 18.2 Å². The Balaban J connectivity index is 2.86. The minimum atomic E-state index is -0.577. The van der Waals surface area contributed by atoms with Crippen LogP contribution in [0.2, 0.25) is 0 Å². The fourth-order valence-corrected chi connectivity index (χ4v) is 1.16. The first kappa shape index (κ1) is 13.0. The van der Waals surface area contributed by atoms with Crippen LogP contribution in [0.1, 0.15) is 13.8 Å². The zero-order valence-corrected chi connectivity index (χ0v) is 9.88. The van der Waals surface area contributed by atoms with Crippen LogP contribution in [-0.2, 0) is 9.53 Å². The minimum Gasteiger partial charge on any atom is -0.512 e. The maximum Gasteiger partial charge on any atom is 0.343 e. The van der Waals surface area contributed by atoms with Crippen LogP contribution >= 0.6 is 0 Å². The number of carbonyl (C=O) groups excluding carboxylic acids is 1. The number of hydrogen-bond donors (Lipinski definition) is 1. The molecule has 1 aromatic rings. The van der Waals surface area contributed by atoms with E-state index < -0.39 is 5.97 Å². The molecule has 0 bridgehead atoms. The van der Waals surface area contributed by atoms with Crippen LogP contribution in [-0.4, -0.2) is 23.9 Å². The summed E-state index contributed by atoms with van der Waals surface area (Å²) in [6.07, 6.45) is 1.31. The maximum atomic E-state index is 11.5. The fraction of sp³-hybridized carbons (Fsp3) is 0.231. The summed E-state index contributed by atoms with van der Waals surface area (Å²) < 4.78 is 4.81. The van der Waals surface area contributed by atoms with E-state index in [9.17, 15) is 9.90 Å². The van der Waals surface area contributed by atoms with Gasteiger partial charge in [-0.15, -0.1) is 0 Å². The normalized spacial score (nSPS) is 12.4. The molecule has 0 saturated carbocycles. The fourth-order valence-electron chi connectivity index (χ4n) is 1.16. The minimum absolute atomic E-state index is 0.0655. The number of ether oxygens (including phenoxy) is 1. The van der Waals surface area contributed by atoms with Gasteiger partial charge in [-0.05, 0) is 26.0 Å². The van der Waals surface area contributed by atoms with Crippen molar-refractivity contribution in [3.8, 4) is 0 Å². The lowest BCUT2D eigenvalue weighted by Gasteiger charge is -2.02. The van der Waals surface area contributed by atoms with Crippen LogP contribution in [0, 0.1) is 0 Å². The Kier molecular flexibility index (Phi) is 4.94. The number of hydrogen-bond acceptors (Lipinski definition) is 4. The molecule has 0 spiro atoms. The molecule has 17 heavy (non-hydrogen) atoms.